The quantitative estimate of drug-likeness (QED) is 0.793. The highest BCUT2D eigenvalue weighted by atomic mass is 32.1. The molecule has 0 spiro atoms. The first-order valence-corrected chi connectivity index (χ1v) is 6.40. The third-order valence-electron chi connectivity index (χ3n) is 3.09. The zero-order chi connectivity index (χ0) is 11.1. The van der Waals surface area contributed by atoms with Crippen molar-refractivity contribution < 1.29 is 0 Å². The maximum atomic E-state index is 4.45. The van der Waals surface area contributed by atoms with Gasteiger partial charge in [0, 0.05) is 28.4 Å². The minimum absolute atomic E-state index is 0.286. The molecule has 3 rings (SSSR count). The standard InChI is InChI=1S/C12H15N3S/c1-7-5-8(2)16-12(7)11-10-9(3-4-13-11)14-6-15-10/h5-6,11,13H,3-4H2,1-2H3,(H,14,15). The van der Waals surface area contributed by atoms with Crippen molar-refractivity contribution >= 4 is 11.3 Å². The molecule has 0 amide bonds. The smallest absolute Gasteiger partial charge is 0.0926 e. The Bertz CT molecular complexity index is 512. The van der Waals surface area contributed by atoms with E-state index in [1.165, 1.54) is 26.7 Å². The Morgan fingerprint density at radius 3 is 3.06 bits per heavy atom. The van der Waals surface area contributed by atoms with Crippen molar-refractivity contribution in [1.29, 1.82) is 0 Å². The van der Waals surface area contributed by atoms with E-state index in [1.54, 1.807) is 6.33 Å². The first-order valence-electron chi connectivity index (χ1n) is 5.58. The van der Waals surface area contributed by atoms with E-state index < -0.39 is 0 Å². The predicted molar refractivity (Wildman–Crippen MR) is 65.9 cm³/mol. The van der Waals surface area contributed by atoms with E-state index in [0.717, 1.165) is 13.0 Å². The fourth-order valence-corrected chi connectivity index (χ4v) is 3.50. The number of thiophene rings is 1. The van der Waals surface area contributed by atoms with Gasteiger partial charge < -0.3 is 10.3 Å². The zero-order valence-corrected chi connectivity index (χ0v) is 10.3. The number of hydrogen-bond donors (Lipinski definition) is 2. The summed E-state index contributed by atoms with van der Waals surface area (Å²) in [6, 6.07) is 2.54. The van der Waals surface area contributed by atoms with Gasteiger partial charge in [-0.3, -0.25) is 0 Å². The summed E-state index contributed by atoms with van der Waals surface area (Å²) in [5.74, 6) is 0. The molecule has 0 fully saturated rings. The van der Waals surface area contributed by atoms with Gasteiger partial charge in [0.15, 0.2) is 0 Å². The molecule has 0 aromatic carbocycles. The van der Waals surface area contributed by atoms with Crippen molar-refractivity contribution in [3.63, 3.8) is 0 Å². The van der Waals surface area contributed by atoms with Crippen LogP contribution in [0.15, 0.2) is 12.4 Å². The third kappa shape index (κ3) is 1.49. The van der Waals surface area contributed by atoms with Crippen molar-refractivity contribution in [2.75, 3.05) is 6.54 Å². The fraction of sp³-hybridized carbons (Fsp3) is 0.417. The largest absolute Gasteiger partial charge is 0.348 e. The lowest BCUT2D eigenvalue weighted by molar-refractivity contribution is 0.558. The average molecular weight is 233 g/mol. The molecule has 2 N–H and O–H groups in total. The van der Waals surface area contributed by atoms with Gasteiger partial charge in [-0.15, -0.1) is 11.3 Å². The number of rotatable bonds is 1. The summed E-state index contributed by atoms with van der Waals surface area (Å²) >= 11 is 1.87. The summed E-state index contributed by atoms with van der Waals surface area (Å²) in [6.45, 7) is 5.37. The van der Waals surface area contributed by atoms with E-state index in [-0.39, 0.29) is 6.04 Å². The van der Waals surface area contributed by atoms with Gasteiger partial charge in [0.25, 0.3) is 0 Å². The highest BCUT2D eigenvalue weighted by Crippen LogP contribution is 2.33. The second kappa shape index (κ2) is 3.71. The van der Waals surface area contributed by atoms with Gasteiger partial charge in [-0.2, -0.15) is 0 Å². The minimum atomic E-state index is 0.286. The number of fused-ring (bicyclic) bond motifs is 1. The van der Waals surface area contributed by atoms with Crippen LogP contribution in [0.3, 0.4) is 0 Å². The maximum absolute atomic E-state index is 4.45. The molecule has 0 bridgehead atoms. The Morgan fingerprint density at radius 1 is 1.44 bits per heavy atom. The molecular weight excluding hydrogens is 218 g/mol. The van der Waals surface area contributed by atoms with Gasteiger partial charge in [-0.1, -0.05) is 0 Å². The first kappa shape index (κ1) is 10.1. The van der Waals surface area contributed by atoms with Crippen molar-refractivity contribution in [3.05, 3.63) is 39.1 Å². The maximum Gasteiger partial charge on any atom is 0.0926 e. The lowest BCUT2D eigenvalue weighted by Crippen LogP contribution is -2.30. The van der Waals surface area contributed by atoms with Crippen molar-refractivity contribution in [2.24, 2.45) is 0 Å². The highest BCUT2D eigenvalue weighted by Gasteiger charge is 2.26. The number of nitrogens with zero attached hydrogens (tertiary/aromatic N) is 1. The van der Waals surface area contributed by atoms with Crippen LogP contribution in [0.5, 0.6) is 0 Å². The minimum Gasteiger partial charge on any atom is -0.348 e. The summed E-state index contributed by atoms with van der Waals surface area (Å²) in [6.07, 6.45) is 2.86. The number of aryl methyl sites for hydroxylation is 2. The van der Waals surface area contributed by atoms with Crippen molar-refractivity contribution in [1.82, 2.24) is 15.3 Å². The summed E-state index contributed by atoms with van der Waals surface area (Å²) in [5, 5.41) is 3.56. The molecule has 16 heavy (non-hydrogen) atoms. The van der Waals surface area contributed by atoms with Crippen molar-refractivity contribution in [2.45, 2.75) is 26.3 Å². The second-order valence-corrected chi connectivity index (χ2v) is 5.60. The molecule has 0 saturated carbocycles. The third-order valence-corrected chi connectivity index (χ3v) is 4.31. The van der Waals surface area contributed by atoms with Crippen LogP contribution in [-0.4, -0.2) is 16.5 Å². The Labute approximate surface area is 98.9 Å². The first-order chi connectivity index (χ1) is 7.75. The molecule has 0 saturated heterocycles. The van der Waals surface area contributed by atoms with E-state index in [2.05, 4.69) is 35.2 Å². The Kier molecular flexibility index (Phi) is 2.33. The van der Waals surface area contributed by atoms with E-state index in [9.17, 15) is 0 Å². The highest BCUT2D eigenvalue weighted by molar-refractivity contribution is 7.12. The zero-order valence-electron chi connectivity index (χ0n) is 9.50. The van der Waals surface area contributed by atoms with E-state index in [0.29, 0.717) is 0 Å². The van der Waals surface area contributed by atoms with Crippen molar-refractivity contribution in [3.8, 4) is 0 Å². The summed E-state index contributed by atoms with van der Waals surface area (Å²) in [5.41, 5.74) is 3.83. The van der Waals surface area contributed by atoms with E-state index in [1.807, 2.05) is 11.3 Å². The molecule has 2 aromatic heterocycles. The summed E-state index contributed by atoms with van der Waals surface area (Å²) in [7, 11) is 0. The molecule has 84 valence electrons. The number of H-pyrrole nitrogens is 1. The van der Waals surface area contributed by atoms with E-state index >= 15 is 0 Å². The number of hydrogen-bond acceptors (Lipinski definition) is 3. The molecule has 0 radical (unpaired) electrons. The van der Waals surface area contributed by atoms with Crippen LogP contribution in [0, 0.1) is 13.8 Å². The fourth-order valence-electron chi connectivity index (χ4n) is 2.38. The van der Waals surface area contributed by atoms with Crippen LogP contribution in [0.2, 0.25) is 0 Å². The molecule has 2 aromatic rings. The van der Waals surface area contributed by atoms with Gasteiger partial charge in [-0.25, -0.2) is 4.98 Å². The number of aromatic nitrogens is 2. The molecule has 1 unspecified atom stereocenters. The van der Waals surface area contributed by atoms with Crippen LogP contribution in [0.4, 0.5) is 0 Å². The summed E-state index contributed by atoms with van der Waals surface area (Å²) < 4.78 is 0. The Balaban J connectivity index is 2.07. The topological polar surface area (TPSA) is 40.7 Å². The Morgan fingerprint density at radius 2 is 2.31 bits per heavy atom. The van der Waals surface area contributed by atoms with Gasteiger partial charge in [0.1, 0.15) is 0 Å². The summed E-state index contributed by atoms with van der Waals surface area (Å²) in [4.78, 5) is 10.5. The SMILES string of the molecule is Cc1cc(C)c(C2NCCc3[nH]cnc32)s1. The monoisotopic (exact) mass is 233 g/mol. The molecule has 1 aliphatic rings. The van der Waals surface area contributed by atoms with Gasteiger partial charge in [-0.05, 0) is 25.5 Å². The number of nitrogens with one attached hydrogen (secondary N) is 2. The van der Waals surface area contributed by atoms with Gasteiger partial charge >= 0.3 is 0 Å². The van der Waals surface area contributed by atoms with Crippen LogP contribution in [-0.2, 0) is 6.42 Å². The normalized spacial score (nSPS) is 19.8. The lowest BCUT2D eigenvalue weighted by Gasteiger charge is -2.22. The molecule has 4 heteroatoms. The lowest BCUT2D eigenvalue weighted by atomic mass is 10.0. The second-order valence-electron chi connectivity index (χ2n) is 4.31. The van der Waals surface area contributed by atoms with E-state index in [4.69, 9.17) is 0 Å². The van der Waals surface area contributed by atoms with Crippen LogP contribution in [0.1, 0.15) is 32.7 Å². The molecule has 1 atom stereocenters. The predicted octanol–water partition coefficient (Wildman–Crippen LogP) is 2.32. The van der Waals surface area contributed by atoms with Crippen LogP contribution < -0.4 is 5.32 Å². The number of imidazole rings is 1. The van der Waals surface area contributed by atoms with Crippen LogP contribution >= 0.6 is 11.3 Å². The Hall–Kier alpha value is -1.13. The molecular formula is C12H15N3S. The molecule has 1 aliphatic heterocycles. The average Bonchev–Trinajstić information content (AvgIpc) is 2.84. The molecule has 3 heterocycles. The molecule has 3 nitrogen and oxygen atoms in total. The van der Waals surface area contributed by atoms with Gasteiger partial charge in [0.2, 0.25) is 0 Å². The number of aromatic amines is 1. The molecule has 0 aliphatic carbocycles. The van der Waals surface area contributed by atoms with Gasteiger partial charge in [0.05, 0.1) is 18.1 Å². The van der Waals surface area contributed by atoms with Crippen LogP contribution in [0.25, 0.3) is 0 Å².